The van der Waals surface area contributed by atoms with Gasteiger partial charge in [-0.05, 0) is 31.2 Å². The Bertz CT molecular complexity index is 998. The zero-order chi connectivity index (χ0) is 19.0. The van der Waals surface area contributed by atoms with Crippen LogP contribution in [0.15, 0.2) is 52.2 Å². The normalized spacial score (nSPS) is 14.6. The molecule has 1 atom stereocenters. The minimum atomic E-state index is -0.448. The number of amides is 2. The van der Waals surface area contributed by atoms with E-state index in [0.29, 0.717) is 28.1 Å². The van der Waals surface area contributed by atoms with E-state index in [1.165, 1.54) is 16.7 Å². The number of para-hydroxylation sites is 2. The summed E-state index contributed by atoms with van der Waals surface area (Å²) in [5.74, 6) is 0.824. The molecule has 2 aromatic heterocycles. The van der Waals surface area contributed by atoms with Gasteiger partial charge in [-0.25, -0.2) is 0 Å². The minimum absolute atomic E-state index is 0.00277. The van der Waals surface area contributed by atoms with Crippen molar-refractivity contribution in [3.05, 3.63) is 42.7 Å². The van der Waals surface area contributed by atoms with Crippen LogP contribution >= 0.6 is 11.8 Å². The van der Waals surface area contributed by atoms with Crippen molar-refractivity contribution in [3.63, 3.8) is 0 Å². The molecule has 1 aliphatic heterocycles. The highest BCUT2D eigenvalue weighted by Crippen LogP contribution is 2.32. The zero-order valence-electron chi connectivity index (χ0n) is 14.7. The van der Waals surface area contributed by atoms with Gasteiger partial charge in [-0.15, -0.1) is 10.2 Å². The number of aromatic nitrogens is 3. The lowest BCUT2D eigenvalue weighted by atomic mass is 10.2. The summed E-state index contributed by atoms with van der Waals surface area (Å²) in [6.07, 6.45) is 1.57. The van der Waals surface area contributed by atoms with Crippen LogP contribution in [0.3, 0.4) is 0 Å². The lowest BCUT2D eigenvalue weighted by Crippen LogP contribution is -2.45. The molecule has 3 aromatic rings. The molecule has 0 saturated heterocycles. The van der Waals surface area contributed by atoms with Gasteiger partial charge in [0.25, 0.3) is 0 Å². The lowest BCUT2D eigenvalue weighted by Gasteiger charge is -2.30. The highest BCUT2D eigenvalue weighted by Gasteiger charge is 2.31. The fraction of sp³-hybridized carbons (Fsp3) is 0.222. The van der Waals surface area contributed by atoms with E-state index in [2.05, 4.69) is 15.5 Å². The van der Waals surface area contributed by atoms with Crippen molar-refractivity contribution in [1.82, 2.24) is 14.8 Å². The van der Waals surface area contributed by atoms with Gasteiger partial charge in [-0.3, -0.25) is 14.5 Å². The molecule has 0 bridgehead atoms. The summed E-state index contributed by atoms with van der Waals surface area (Å²) in [5.41, 5.74) is 1.34. The fourth-order valence-corrected chi connectivity index (χ4v) is 3.77. The second-order valence-electron chi connectivity index (χ2n) is 6.09. The van der Waals surface area contributed by atoms with Crippen molar-refractivity contribution in [2.24, 2.45) is 7.05 Å². The average molecular weight is 383 g/mol. The van der Waals surface area contributed by atoms with Crippen molar-refractivity contribution in [2.75, 3.05) is 16.8 Å². The second kappa shape index (κ2) is 6.92. The number of nitrogens with zero attached hydrogens (tertiary/aromatic N) is 4. The lowest BCUT2D eigenvalue weighted by molar-refractivity contribution is -0.121. The van der Waals surface area contributed by atoms with E-state index in [9.17, 15) is 9.59 Å². The first-order valence-corrected chi connectivity index (χ1v) is 9.22. The molecule has 138 valence electrons. The number of nitrogens with one attached hydrogen (secondary N) is 1. The molecule has 4 rings (SSSR count). The Hall–Kier alpha value is -3.07. The van der Waals surface area contributed by atoms with Crippen LogP contribution in [-0.2, 0) is 16.6 Å². The summed E-state index contributed by atoms with van der Waals surface area (Å²) >= 11 is 1.29. The summed E-state index contributed by atoms with van der Waals surface area (Å²) in [7, 11) is 1.82. The van der Waals surface area contributed by atoms with Crippen LogP contribution < -0.4 is 10.2 Å². The molecule has 0 saturated carbocycles. The standard InChI is InChI=1S/C18H17N5O3S/c1-11(27-18-21-20-16(22(18)2)14-8-5-9-26-14)17(25)23-10-15(24)19-12-6-3-4-7-13(12)23/h3-9,11H,10H2,1-2H3,(H,19,24)/t11-/m0/s1. The Labute approximate surface area is 159 Å². The molecule has 2 amide bonds. The molecular weight excluding hydrogens is 366 g/mol. The fourth-order valence-electron chi connectivity index (χ4n) is 2.90. The summed E-state index contributed by atoms with van der Waals surface area (Å²) < 4.78 is 7.14. The van der Waals surface area contributed by atoms with Crippen molar-refractivity contribution >= 4 is 35.0 Å². The molecular formula is C18H17N5O3S. The third-order valence-corrected chi connectivity index (χ3v) is 5.36. The molecule has 0 fully saturated rings. The smallest absolute Gasteiger partial charge is 0.244 e. The Balaban J connectivity index is 1.55. The summed E-state index contributed by atoms with van der Waals surface area (Å²) in [4.78, 5) is 26.5. The minimum Gasteiger partial charge on any atom is -0.461 e. The number of hydrogen-bond acceptors (Lipinski definition) is 6. The maximum atomic E-state index is 13.0. The number of anilines is 2. The molecule has 8 nitrogen and oxygen atoms in total. The van der Waals surface area contributed by atoms with Gasteiger partial charge in [0.1, 0.15) is 6.54 Å². The first kappa shape index (κ1) is 17.3. The van der Waals surface area contributed by atoms with Crippen LogP contribution in [0.25, 0.3) is 11.6 Å². The van der Waals surface area contributed by atoms with E-state index >= 15 is 0 Å². The summed E-state index contributed by atoms with van der Waals surface area (Å²) in [6, 6.07) is 10.8. The summed E-state index contributed by atoms with van der Waals surface area (Å²) in [6.45, 7) is 1.79. The Morgan fingerprint density at radius 2 is 2.07 bits per heavy atom. The van der Waals surface area contributed by atoms with E-state index in [-0.39, 0.29) is 18.4 Å². The highest BCUT2D eigenvalue weighted by molar-refractivity contribution is 8.00. The van der Waals surface area contributed by atoms with Crippen LogP contribution in [0, 0.1) is 0 Å². The van der Waals surface area contributed by atoms with Crippen LogP contribution in [0.5, 0.6) is 0 Å². The molecule has 0 radical (unpaired) electrons. The first-order chi connectivity index (χ1) is 13.0. The summed E-state index contributed by atoms with van der Waals surface area (Å²) in [5, 5.41) is 11.2. The number of carbonyl (C=O) groups excluding carboxylic acids is 2. The molecule has 0 spiro atoms. The number of carbonyl (C=O) groups is 2. The molecule has 0 unspecified atom stereocenters. The van der Waals surface area contributed by atoms with E-state index in [1.807, 2.05) is 25.2 Å². The molecule has 27 heavy (non-hydrogen) atoms. The predicted molar refractivity (Wildman–Crippen MR) is 101 cm³/mol. The van der Waals surface area contributed by atoms with Crippen LogP contribution in [-0.4, -0.2) is 38.4 Å². The van der Waals surface area contributed by atoms with Crippen LogP contribution in [0.1, 0.15) is 6.92 Å². The molecule has 1 aromatic carbocycles. The molecule has 9 heteroatoms. The van der Waals surface area contributed by atoms with Gasteiger partial charge in [0, 0.05) is 7.05 Å². The third kappa shape index (κ3) is 3.21. The van der Waals surface area contributed by atoms with Gasteiger partial charge >= 0.3 is 0 Å². The topological polar surface area (TPSA) is 93.3 Å². The van der Waals surface area contributed by atoms with Gasteiger partial charge in [-0.1, -0.05) is 23.9 Å². The van der Waals surface area contributed by atoms with E-state index in [0.717, 1.165) is 0 Å². The van der Waals surface area contributed by atoms with Gasteiger partial charge in [0.2, 0.25) is 11.8 Å². The van der Waals surface area contributed by atoms with Crippen molar-refractivity contribution < 1.29 is 14.0 Å². The predicted octanol–water partition coefficient (Wildman–Crippen LogP) is 2.54. The van der Waals surface area contributed by atoms with Crippen molar-refractivity contribution in [3.8, 4) is 11.6 Å². The average Bonchev–Trinajstić information content (AvgIpc) is 3.31. The maximum Gasteiger partial charge on any atom is 0.244 e. The number of furan rings is 1. The molecule has 3 heterocycles. The van der Waals surface area contributed by atoms with Gasteiger partial charge in [0.05, 0.1) is 22.9 Å². The first-order valence-electron chi connectivity index (χ1n) is 8.35. The van der Waals surface area contributed by atoms with E-state index in [1.54, 1.807) is 36.0 Å². The maximum absolute atomic E-state index is 13.0. The molecule has 0 aliphatic carbocycles. The number of thioether (sulfide) groups is 1. The Morgan fingerprint density at radius 3 is 2.85 bits per heavy atom. The SMILES string of the molecule is C[C@H](Sc1nnc(-c2ccco2)n1C)C(=O)N1CC(=O)Nc2ccccc21. The zero-order valence-corrected chi connectivity index (χ0v) is 15.6. The Morgan fingerprint density at radius 1 is 1.26 bits per heavy atom. The van der Waals surface area contributed by atoms with Gasteiger partial charge in [-0.2, -0.15) is 0 Å². The number of rotatable bonds is 4. The quantitative estimate of drug-likeness (QED) is 0.696. The highest BCUT2D eigenvalue weighted by atomic mass is 32.2. The van der Waals surface area contributed by atoms with Crippen molar-refractivity contribution in [2.45, 2.75) is 17.3 Å². The van der Waals surface area contributed by atoms with Gasteiger partial charge in [0.15, 0.2) is 16.7 Å². The Kier molecular flexibility index (Phi) is 4.44. The second-order valence-corrected chi connectivity index (χ2v) is 7.40. The largest absolute Gasteiger partial charge is 0.461 e. The monoisotopic (exact) mass is 383 g/mol. The molecule has 1 aliphatic rings. The van der Waals surface area contributed by atoms with Crippen molar-refractivity contribution in [1.29, 1.82) is 0 Å². The van der Waals surface area contributed by atoms with E-state index in [4.69, 9.17) is 4.42 Å². The van der Waals surface area contributed by atoms with Crippen LogP contribution in [0.2, 0.25) is 0 Å². The third-order valence-electron chi connectivity index (χ3n) is 4.24. The molecule has 1 N–H and O–H groups in total. The number of benzene rings is 1. The van der Waals surface area contributed by atoms with Gasteiger partial charge < -0.3 is 14.3 Å². The van der Waals surface area contributed by atoms with E-state index < -0.39 is 5.25 Å². The van der Waals surface area contributed by atoms with Crippen LogP contribution in [0.4, 0.5) is 11.4 Å². The number of fused-ring (bicyclic) bond motifs is 1. The number of hydrogen-bond donors (Lipinski definition) is 1.